The van der Waals surface area contributed by atoms with E-state index < -0.39 is 0 Å². The van der Waals surface area contributed by atoms with Crippen molar-refractivity contribution in [3.05, 3.63) is 60.7 Å². The second kappa shape index (κ2) is 4.15. The van der Waals surface area contributed by atoms with Crippen LogP contribution in [0.3, 0.4) is 0 Å². The molecule has 0 aliphatic rings. The largest absolute Gasteiger partial charge is 0.0901 e. The molecule has 0 N–H and O–H groups in total. The molecule has 0 heterocycles. The van der Waals surface area contributed by atoms with E-state index in [0.717, 1.165) is 0 Å². The van der Waals surface area contributed by atoms with E-state index in [-0.39, 0.29) is 0 Å². The average molecular weight is 185 g/mol. The van der Waals surface area contributed by atoms with Gasteiger partial charge >= 0.3 is 0 Å². The highest BCUT2D eigenvalue weighted by Crippen LogP contribution is 2.26. The van der Waals surface area contributed by atoms with Gasteiger partial charge in [0.1, 0.15) is 0 Å². The maximum absolute atomic E-state index is 3.06. The number of hydrogen-bond acceptors (Lipinski definition) is 1. The summed E-state index contributed by atoms with van der Waals surface area (Å²) in [5.41, 5.74) is 0. The van der Waals surface area contributed by atoms with Gasteiger partial charge in [-0.15, -0.1) is 0 Å². The molecule has 0 saturated carbocycles. The van der Waals surface area contributed by atoms with Gasteiger partial charge in [-0.2, -0.15) is 0 Å². The Morgan fingerprint density at radius 1 is 0.846 bits per heavy atom. The molecule has 1 radical (unpaired) electrons. The minimum Gasteiger partial charge on any atom is -0.0901 e. The molecule has 1 heteroatoms. The summed E-state index contributed by atoms with van der Waals surface area (Å²) in [5, 5.41) is 0. The van der Waals surface area contributed by atoms with Crippen LogP contribution in [-0.2, 0) is 0 Å². The molecular weight excluding hydrogens is 176 g/mol. The lowest BCUT2D eigenvalue weighted by Gasteiger charge is -1.99. The van der Waals surface area contributed by atoms with E-state index in [2.05, 4.69) is 36.4 Å². The maximum Gasteiger partial charge on any atom is 0.0128 e. The zero-order valence-corrected chi connectivity index (χ0v) is 7.92. The van der Waals surface area contributed by atoms with Gasteiger partial charge in [0.2, 0.25) is 0 Å². The molecule has 0 amide bonds. The SMILES string of the molecule is [c]1cccc(Sc2ccccc2)c1. The van der Waals surface area contributed by atoms with Crippen molar-refractivity contribution in [2.75, 3.05) is 0 Å². The van der Waals surface area contributed by atoms with Crippen molar-refractivity contribution < 1.29 is 0 Å². The lowest BCUT2D eigenvalue weighted by Crippen LogP contribution is -1.71. The van der Waals surface area contributed by atoms with Gasteiger partial charge in [0.25, 0.3) is 0 Å². The summed E-state index contributed by atoms with van der Waals surface area (Å²) in [7, 11) is 0. The highest BCUT2D eigenvalue weighted by molar-refractivity contribution is 7.99. The van der Waals surface area contributed by atoms with Crippen molar-refractivity contribution in [3.8, 4) is 0 Å². The van der Waals surface area contributed by atoms with Crippen molar-refractivity contribution in [3.63, 3.8) is 0 Å². The van der Waals surface area contributed by atoms with Gasteiger partial charge in [0.05, 0.1) is 0 Å². The Hall–Kier alpha value is -1.21. The fraction of sp³-hybridized carbons (Fsp3) is 0. The Labute approximate surface area is 82.6 Å². The quantitative estimate of drug-likeness (QED) is 0.688. The van der Waals surface area contributed by atoms with Crippen LogP contribution in [-0.4, -0.2) is 0 Å². The molecule has 0 aliphatic heterocycles. The summed E-state index contributed by atoms with van der Waals surface area (Å²) >= 11 is 1.76. The van der Waals surface area contributed by atoms with Gasteiger partial charge in [-0.05, 0) is 30.3 Å². The van der Waals surface area contributed by atoms with E-state index in [1.165, 1.54) is 9.79 Å². The molecule has 13 heavy (non-hydrogen) atoms. The van der Waals surface area contributed by atoms with Crippen molar-refractivity contribution >= 4 is 11.8 Å². The molecule has 0 bridgehead atoms. The van der Waals surface area contributed by atoms with E-state index in [9.17, 15) is 0 Å². The van der Waals surface area contributed by atoms with Crippen LogP contribution < -0.4 is 0 Å². The van der Waals surface area contributed by atoms with Crippen molar-refractivity contribution in [2.24, 2.45) is 0 Å². The zero-order chi connectivity index (χ0) is 8.93. The molecule has 0 fully saturated rings. The van der Waals surface area contributed by atoms with Crippen LogP contribution in [0, 0.1) is 6.07 Å². The smallest absolute Gasteiger partial charge is 0.0128 e. The molecule has 0 atom stereocenters. The van der Waals surface area contributed by atoms with Gasteiger partial charge in [-0.25, -0.2) is 0 Å². The van der Waals surface area contributed by atoms with Crippen LogP contribution >= 0.6 is 11.8 Å². The Bertz CT molecular complexity index is 316. The van der Waals surface area contributed by atoms with Gasteiger partial charge in [-0.1, -0.05) is 42.1 Å². The second-order valence-corrected chi connectivity index (χ2v) is 3.80. The highest BCUT2D eigenvalue weighted by atomic mass is 32.2. The first-order valence-electron chi connectivity index (χ1n) is 4.14. The van der Waals surface area contributed by atoms with Gasteiger partial charge in [0.15, 0.2) is 0 Å². The Balaban J connectivity index is 2.16. The molecule has 2 aromatic rings. The van der Waals surface area contributed by atoms with Crippen LogP contribution in [0.25, 0.3) is 0 Å². The van der Waals surface area contributed by atoms with Gasteiger partial charge < -0.3 is 0 Å². The third kappa shape index (κ3) is 2.36. The van der Waals surface area contributed by atoms with Crippen LogP contribution in [0.4, 0.5) is 0 Å². The molecule has 63 valence electrons. The van der Waals surface area contributed by atoms with Crippen molar-refractivity contribution in [1.82, 2.24) is 0 Å². The summed E-state index contributed by atoms with van der Waals surface area (Å²) in [6.45, 7) is 0. The van der Waals surface area contributed by atoms with Gasteiger partial charge in [-0.3, -0.25) is 0 Å². The van der Waals surface area contributed by atoms with Crippen LogP contribution in [0.1, 0.15) is 0 Å². The lowest BCUT2D eigenvalue weighted by atomic mass is 10.4. The summed E-state index contributed by atoms with van der Waals surface area (Å²) < 4.78 is 0. The molecule has 2 aromatic carbocycles. The zero-order valence-electron chi connectivity index (χ0n) is 7.10. The van der Waals surface area contributed by atoms with Crippen LogP contribution in [0.5, 0.6) is 0 Å². The highest BCUT2D eigenvalue weighted by Gasteiger charge is 1.93. The molecule has 0 aromatic heterocycles. The molecule has 0 nitrogen and oxygen atoms in total. The standard InChI is InChI=1S/C12H9S/c1-3-7-11(8-4-1)13-12-9-5-2-6-10-12/h1-5,7-10H. The lowest BCUT2D eigenvalue weighted by molar-refractivity contribution is 1.40. The Kier molecular flexibility index (Phi) is 2.68. The molecular formula is C12H9S. The second-order valence-electron chi connectivity index (χ2n) is 2.65. The number of rotatable bonds is 2. The summed E-state index contributed by atoms with van der Waals surface area (Å²) in [6, 6.07) is 21.4. The number of hydrogen-bond donors (Lipinski definition) is 0. The minimum absolute atomic E-state index is 1.23. The van der Waals surface area contributed by atoms with E-state index in [4.69, 9.17) is 0 Å². The first kappa shape index (κ1) is 8.39. The van der Waals surface area contributed by atoms with Crippen LogP contribution in [0.15, 0.2) is 64.4 Å². The van der Waals surface area contributed by atoms with E-state index in [1.807, 2.05) is 24.3 Å². The van der Waals surface area contributed by atoms with Gasteiger partial charge in [0, 0.05) is 9.79 Å². The molecule has 0 saturated heterocycles. The van der Waals surface area contributed by atoms with E-state index in [0.29, 0.717) is 0 Å². The van der Waals surface area contributed by atoms with E-state index in [1.54, 1.807) is 11.8 Å². The fourth-order valence-corrected chi connectivity index (χ4v) is 1.90. The molecule has 0 spiro atoms. The predicted octanol–water partition coefficient (Wildman–Crippen LogP) is 3.64. The average Bonchev–Trinajstić information content (AvgIpc) is 2.21. The van der Waals surface area contributed by atoms with Crippen molar-refractivity contribution in [1.29, 1.82) is 0 Å². The number of benzene rings is 2. The summed E-state index contributed by atoms with van der Waals surface area (Å²) in [6.07, 6.45) is 0. The van der Waals surface area contributed by atoms with Crippen molar-refractivity contribution in [2.45, 2.75) is 9.79 Å². The summed E-state index contributed by atoms with van der Waals surface area (Å²) in [4.78, 5) is 2.50. The first-order valence-corrected chi connectivity index (χ1v) is 4.96. The third-order valence-electron chi connectivity index (χ3n) is 1.66. The summed E-state index contributed by atoms with van der Waals surface area (Å²) in [5.74, 6) is 0. The topological polar surface area (TPSA) is 0 Å². The molecule has 2 rings (SSSR count). The molecule has 0 unspecified atom stereocenters. The Morgan fingerprint density at radius 3 is 2.31 bits per heavy atom. The predicted molar refractivity (Wildman–Crippen MR) is 55.8 cm³/mol. The maximum atomic E-state index is 3.06. The molecule has 0 aliphatic carbocycles. The normalized spacial score (nSPS) is 9.85. The minimum atomic E-state index is 1.23. The van der Waals surface area contributed by atoms with Crippen LogP contribution in [0.2, 0.25) is 0 Å². The van der Waals surface area contributed by atoms with E-state index >= 15 is 0 Å². The fourth-order valence-electron chi connectivity index (χ4n) is 1.06. The monoisotopic (exact) mass is 185 g/mol. The Morgan fingerprint density at radius 2 is 1.62 bits per heavy atom. The third-order valence-corrected chi connectivity index (χ3v) is 2.65. The first-order chi connectivity index (χ1) is 6.45.